The molecule has 0 aliphatic heterocycles. The molecule has 0 radical (unpaired) electrons. The minimum absolute atomic E-state index is 0.0585. The van der Waals surface area contributed by atoms with Gasteiger partial charge in [0.1, 0.15) is 0 Å². The number of carbonyl (C=O) groups is 1. The highest BCUT2D eigenvalue weighted by molar-refractivity contribution is 5.75. The van der Waals surface area contributed by atoms with E-state index in [0.29, 0.717) is 18.9 Å². The smallest absolute Gasteiger partial charge is 0.223 e. The Morgan fingerprint density at radius 3 is 2.50 bits per heavy atom. The first-order valence-corrected chi connectivity index (χ1v) is 5.38. The van der Waals surface area contributed by atoms with Gasteiger partial charge in [-0.25, -0.2) is 9.97 Å². The van der Waals surface area contributed by atoms with Crippen molar-refractivity contribution in [3.05, 3.63) is 17.5 Å². The Morgan fingerprint density at radius 1 is 1.31 bits per heavy atom. The predicted molar refractivity (Wildman–Crippen MR) is 63.3 cm³/mol. The van der Waals surface area contributed by atoms with Crippen LogP contribution < -0.4 is 10.6 Å². The summed E-state index contributed by atoms with van der Waals surface area (Å²) in [6, 6.07) is 1.93. The van der Waals surface area contributed by atoms with Crippen molar-refractivity contribution in [2.45, 2.75) is 26.7 Å². The molecular formula is C11H18N4O. The van der Waals surface area contributed by atoms with Crippen LogP contribution in [0.2, 0.25) is 0 Å². The summed E-state index contributed by atoms with van der Waals surface area (Å²) in [4.78, 5) is 19.5. The van der Waals surface area contributed by atoms with E-state index in [1.54, 1.807) is 7.05 Å². The van der Waals surface area contributed by atoms with E-state index in [-0.39, 0.29) is 5.91 Å². The van der Waals surface area contributed by atoms with E-state index in [9.17, 15) is 4.79 Å². The lowest BCUT2D eigenvalue weighted by Crippen LogP contribution is -2.18. The van der Waals surface area contributed by atoms with Gasteiger partial charge in [0.25, 0.3) is 0 Å². The topological polar surface area (TPSA) is 66.9 Å². The Balaban J connectivity index is 2.34. The zero-order valence-electron chi connectivity index (χ0n) is 10.0. The molecule has 0 aliphatic rings. The number of hydrogen-bond acceptors (Lipinski definition) is 4. The standard InChI is InChI=1S/C11H18N4O/c1-8-7-9(2)15-11(14-8)13-6-4-5-10(16)12-3/h7H,4-6H2,1-3H3,(H,12,16)(H,13,14,15). The van der Waals surface area contributed by atoms with Crippen LogP contribution in [0.25, 0.3) is 0 Å². The van der Waals surface area contributed by atoms with Crippen molar-refractivity contribution in [2.75, 3.05) is 18.9 Å². The van der Waals surface area contributed by atoms with Crippen molar-refractivity contribution in [2.24, 2.45) is 0 Å². The molecule has 0 aromatic carbocycles. The summed E-state index contributed by atoms with van der Waals surface area (Å²) in [7, 11) is 1.64. The van der Waals surface area contributed by atoms with Gasteiger partial charge in [-0.3, -0.25) is 4.79 Å². The largest absolute Gasteiger partial charge is 0.359 e. The Labute approximate surface area is 95.7 Å². The molecule has 0 bridgehead atoms. The van der Waals surface area contributed by atoms with Gasteiger partial charge in [0.15, 0.2) is 0 Å². The summed E-state index contributed by atoms with van der Waals surface area (Å²) in [6.45, 7) is 4.57. The minimum atomic E-state index is 0.0585. The van der Waals surface area contributed by atoms with Crippen LogP contribution in [0, 0.1) is 13.8 Å². The zero-order valence-corrected chi connectivity index (χ0v) is 10.0. The number of nitrogens with zero attached hydrogens (tertiary/aromatic N) is 2. The van der Waals surface area contributed by atoms with Crippen LogP contribution in [-0.2, 0) is 4.79 Å². The van der Waals surface area contributed by atoms with Crippen molar-refractivity contribution in [3.63, 3.8) is 0 Å². The molecule has 16 heavy (non-hydrogen) atoms. The third-order valence-corrected chi connectivity index (χ3v) is 2.12. The van der Waals surface area contributed by atoms with Gasteiger partial charge >= 0.3 is 0 Å². The van der Waals surface area contributed by atoms with E-state index in [4.69, 9.17) is 0 Å². The maximum Gasteiger partial charge on any atom is 0.223 e. The molecule has 1 aromatic rings. The van der Waals surface area contributed by atoms with Gasteiger partial charge < -0.3 is 10.6 Å². The van der Waals surface area contributed by atoms with Crippen molar-refractivity contribution in [1.29, 1.82) is 0 Å². The number of rotatable bonds is 5. The molecule has 0 unspecified atom stereocenters. The predicted octanol–water partition coefficient (Wildman–Crippen LogP) is 1.03. The molecule has 0 atom stereocenters. The van der Waals surface area contributed by atoms with E-state index in [0.717, 1.165) is 17.8 Å². The van der Waals surface area contributed by atoms with Gasteiger partial charge in [-0.2, -0.15) is 0 Å². The average molecular weight is 222 g/mol. The fraction of sp³-hybridized carbons (Fsp3) is 0.545. The number of hydrogen-bond donors (Lipinski definition) is 2. The zero-order chi connectivity index (χ0) is 12.0. The fourth-order valence-electron chi connectivity index (χ4n) is 1.38. The molecule has 0 fully saturated rings. The third kappa shape index (κ3) is 4.25. The fourth-order valence-corrected chi connectivity index (χ4v) is 1.38. The highest BCUT2D eigenvalue weighted by Gasteiger charge is 2.00. The summed E-state index contributed by atoms with van der Waals surface area (Å²) >= 11 is 0. The van der Waals surface area contributed by atoms with Crippen LogP contribution in [0.15, 0.2) is 6.07 Å². The lowest BCUT2D eigenvalue weighted by atomic mass is 10.3. The van der Waals surface area contributed by atoms with Crippen molar-refractivity contribution >= 4 is 11.9 Å². The van der Waals surface area contributed by atoms with Gasteiger partial charge in [-0.05, 0) is 26.3 Å². The number of amides is 1. The van der Waals surface area contributed by atoms with Gasteiger partial charge in [0.2, 0.25) is 11.9 Å². The minimum Gasteiger partial charge on any atom is -0.359 e. The molecule has 1 heterocycles. The molecule has 1 aromatic heterocycles. The second kappa shape index (κ2) is 6.05. The highest BCUT2D eigenvalue weighted by Crippen LogP contribution is 2.03. The third-order valence-electron chi connectivity index (χ3n) is 2.12. The molecule has 0 spiro atoms. The quantitative estimate of drug-likeness (QED) is 0.730. The number of aromatic nitrogens is 2. The van der Waals surface area contributed by atoms with E-state index in [1.165, 1.54) is 0 Å². The van der Waals surface area contributed by atoms with Gasteiger partial charge in [-0.15, -0.1) is 0 Å². The number of anilines is 1. The SMILES string of the molecule is CNC(=O)CCCNc1nc(C)cc(C)n1. The maximum absolute atomic E-state index is 11.0. The van der Waals surface area contributed by atoms with Crippen LogP contribution in [0.1, 0.15) is 24.2 Å². The average Bonchev–Trinajstić information content (AvgIpc) is 2.22. The number of nitrogens with one attached hydrogen (secondary N) is 2. The molecule has 88 valence electrons. The summed E-state index contributed by atoms with van der Waals surface area (Å²) in [5.41, 5.74) is 1.89. The summed E-state index contributed by atoms with van der Waals surface area (Å²) < 4.78 is 0. The molecule has 0 aliphatic carbocycles. The number of aryl methyl sites for hydroxylation is 2. The molecule has 5 heteroatoms. The molecular weight excluding hydrogens is 204 g/mol. The molecule has 0 saturated carbocycles. The van der Waals surface area contributed by atoms with Gasteiger partial charge in [0, 0.05) is 31.4 Å². The summed E-state index contributed by atoms with van der Waals surface area (Å²) in [5.74, 6) is 0.692. The highest BCUT2D eigenvalue weighted by atomic mass is 16.1. The maximum atomic E-state index is 11.0. The Hall–Kier alpha value is -1.65. The van der Waals surface area contributed by atoms with Crippen LogP contribution in [0.5, 0.6) is 0 Å². The van der Waals surface area contributed by atoms with E-state index < -0.39 is 0 Å². The first-order chi connectivity index (χ1) is 7.61. The first kappa shape index (κ1) is 12.4. The lowest BCUT2D eigenvalue weighted by molar-refractivity contribution is -0.120. The molecule has 1 rings (SSSR count). The van der Waals surface area contributed by atoms with Crippen LogP contribution in [0.4, 0.5) is 5.95 Å². The van der Waals surface area contributed by atoms with E-state index in [1.807, 2.05) is 19.9 Å². The Bertz CT molecular complexity index is 345. The van der Waals surface area contributed by atoms with Crippen LogP contribution >= 0.6 is 0 Å². The second-order valence-corrected chi connectivity index (χ2v) is 3.68. The molecule has 5 nitrogen and oxygen atoms in total. The summed E-state index contributed by atoms with van der Waals surface area (Å²) in [5, 5.41) is 5.69. The van der Waals surface area contributed by atoms with Gasteiger partial charge in [0.05, 0.1) is 0 Å². The summed E-state index contributed by atoms with van der Waals surface area (Å²) in [6.07, 6.45) is 1.30. The molecule has 2 N–H and O–H groups in total. The van der Waals surface area contributed by atoms with E-state index in [2.05, 4.69) is 20.6 Å². The van der Waals surface area contributed by atoms with Crippen molar-refractivity contribution < 1.29 is 4.79 Å². The monoisotopic (exact) mass is 222 g/mol. The molecule has 1 amide bonds. The molecule has 0 saturated heterocycles. The lowest BCUT2D eigenvalue weighted by Gasteiger charge is -2.05. The van der Waals surface area contributed by atoms with Gasteiger partial charge in [-0.1, -0.05) is 0 Å². The first-order valence-electron chi connectivity index (χ1n) is 5.38. The second-order valence-electron chi connectivity index (χ2n) is 3.68. The van der Waals surface area contributed by atoms with Crippen LogP contribution in [-0.4, -0.2) is 29.5 Å². The Morgan fingerprint density at radius 2 is 1.94 bits per heavy atom. The van der Waals surface area contributed by atoms with E-state index >= 15 is 0 Å². The van der Waals surface area contributed by atoms with Crippen molar-refractivity contribution in [3.8, 4) is 0 Å². The normalized spacial score (nSPS) is 9.94. The van der Waals surface area contributed by atoms with Crippen molar-refractivity contribution in [1.82, 2.24) is 15.3 Å². The Kier molecular flexibility index (Phi) is 4.69. The number of carbonyl (C=O) groups excluding carboxylic acids is 1. The van der Waals surface area contributed by atoms with Crippen LogP contribution in [0.3, 0.4) is 0 Å².